The third-order valence-electron chi connectivity index (χ3n) is 4.99. The molecule has 5 nitrogen and oxygen atoms in total. The highest BCUT2D eigenvalue weighted by Gasteiger charge is 2.20. The molecule has 1 aliphatic heterocycles. The molecule has 0 bridgehead atoms. The zero-order valence-electron chi connectivity index (χ0n) is 17.1. The Hall–Kier alpha value is -2.60. The molecule has 0 aliphatic carbocycles. The van der Waals surface area contributed by atoms with Crippen LogP contribution < -0.4 is 15.0 Å². The van der Waals surface area contributed by atoms with Gasteiger partial charge in [0.2, 0.25) is 0 Å². The summed E-state index contributed by atoms with van der Waals surface area (Å²) < 4.78 is 5.70. The van der Waals surface area contributed by atoms with E-state index in [-0.39, 0.29) is 5.91 Å². The van der Waals surface area contributed by atoms with Gasteiger partial charge in [0.1, 0.15) is 5.75 Å². The van der Waals surface area contributed by atoms with E-state index in [4.69, 9.17) is 17.0 Å². The highest BCUT2D eigenvalue weighted by atomic mass is 32.1. The van der Waals surface area contributed by atoms with Gasteiger partial charge in [0, 0.05) is 37.4 Å². The first-order chi connectivity index (χ1) is 14.0. The maximum Gasteiger partial charge on any atom is 0.257 e. The summed E-state index contributed by atoms with van der Waals surface area (Å²) in [7, 11) is 0. The number of para-hydroxylation sites is 1. The Morgan fingerprint density at radius 1 is 1.03 bits per heavy atom. The Balaban J connectivity index is 1.46. The second kappa shape index (κ2) is 10.3. The molecule has 1 amide bonds. The smallest absolute Gasteiger partial charge is 0.257 e. The minimum Gasteiger partial charge on any atom is -0.494 e. The van der Waals surface area contributed by atoms with E-state index in [0.29, 0.717) is 23.2 Å². The molecule has 0 saturated carbocycles. The Bertz CT molecular complexity index is 801. The molecule has 3 rings (SSSR count). The summed E-state index contributed by atoms with van der Waals surface area (Å²) in [6.45, 7) is 8.35. The van der Waals surface area contributed by atoms with E-state index >= 15 is 0 Å². The van der Waals surface area contributed by atoms with Crippen LogP contribution in [0.15, 0.2) is 54.6 Å². The topological polar surface area (TPSA) is 44.8 Å². The van der Waals surface area contributed by atoms with E-state index < -0.39 is 0 Å². The fourth-order valence-corrected chi connectivity index (χ4v) is 3.45. The van der Waals surface area contributed by atoms with Crippen LogP contribution >= 0.6 is 12.2 Å². The fraction of sp³-hybridized carbons (Fsp3) is 0.391. The Labute approximate surface area is 178 Å². The van der Waals surface area contributed by atoms with Gasteiger partial charge in [-0.1, -0.05) is 32.0 Å². The molecule has 2 aromatic carbocycles. The molecule has 0 unspecified atom stereocenters. The number of nitrogens with zero attached hydrogens (tertiary/aromatic N) is 2. The first-order valence-electron chi connectivity index (χ1n) is 10.2. The zero-order valence-corrected chi connectivity index (χ0v) is 18.0. The largest absolute Gasteiger partial charge is 0.494 e. The lowest BCUT2D eigenvalue weighted by Crippen LogP contribution is -2.52. The predicted molar refractivity (Wildman–Crippen MR) is 122 cm³/mol. The number of piperazine rings is 1. The van der Waals surface area contributed by atoms with Crippen LogP contribution in [0.4, 0.5) is 5.69 Å². The van der Waals surface area contributed by atoms with Crippen molar-refractivity contribution in [1.29, 1.82) is 0 Å². The van der Waals surface area contributed by atoms with Crippen molar-refractivity contribution in [2.75, 3.05) is 37.7 Å². The summed E-state index contributed by atoms with van der Waals surface area (Å²) in [5.41, 5.74) is 1.80. The van der Waals surface area contributed by atoms with Crippen LogP contribution in [0.1, 0.15) is 30.6 Å². The Kier molecular flexibility index (Phi) is 7.47. The van der Waals surface area contributed by atoms with E-state index in [1.165, 1.54) is 5.69 Å². The number of rotatable bonds is 6. The Morgan fingerprint density at radius 2 is 1.69 bits per heavy atom. The number of anilines is 1. The van der Waals surface area contributed by atoms with Gasteiger partial charge in [0.15, 0.2) is 5.11 Å². The lowest BCUT2D eigenvalue weighted by molar-refractivity contribution is 0.0973. The average Bonchev–Trinajstić information content (AvgIpc) is 2.74. The van der Waals surface area contributed by atoms with Crippen LogP contribution in [-0.2, 0) is 0 Å². The third kappa shape index (κ3) is 6.19. The molecular weight excluding hydrogens is 382 g/mol. The lowest BCUT2D eigenvalue weighted by atomic mass is 10.1. The number of nitrogens with one attached hydrogen (secondary N) is 1. The second-order valence-corrected chi connectivity index (χ2v) is 8.01. The minimum atomic E-state index is -0.186. The van der Waals surface area contributed by atoms with Crippen molar-refractivity contribution in [3.05, 3.63) is 60.2 Å². The minimum absolute atomic E-state index is 0.186. The van der Waals surface area contributed by atoms with Gasteiger partial charge in [0.25, 0.3) is 5.91 Å². The summed E-state index contributed by atoms with van der Waals surface area (Å²) >= 11 is 5.46. The van der Waals surface area contributed by atoms with Crippen LogP contribution in [0.2, 0.25) is 0 Å². The van der Waals surface area contributed by atoms with Crippen LogP contribution in [0.25, 0.3) is 0 Å². The number of carbonyl (C=O) groups excluding carboxylic acids is 1. The summed E-state index contributed by atoms with van der Waals surface area (Å²) in [4.78, 5) is 16.9. The van der Waals surface area contributed by atoms with Crippen molar-refractivity contribution >= 4 is 28.9 Å². The molecule has 154 valence electrons. The molecule has 0 atom stereocenters. The molecule has 1 aliphatic rings. The van der Waals surface area contributed by atoms with E-state index in [2.05, 4.69) is 41.1 Å². The average molecular weight is 412 g/mol. The van der Waals surface area contributed by atoms with Crippen molar-refractivity contribution in [2.24, 2.45) is 5.92 Å². The molecule has 0 radical (unpaired) electrons. The number of amides is 1. The Morgan fingerprint density at radius 3 is 2.31 bits per heavy atom. The molecule has 1 heterocycles. The first kappa shape index (κ1) is 21.1. The molecule has 1 fully saturated rings. The molecular formula is C23H29N3O2S. The molecule has 0 aromatic heterocycles. The normalized spacial score (nSPS) is 14.0. The lowest BCUT2D eigenvalue weighted by Gasteiger charge is -2.37. The number of thiocarbonyl (C=S) groups is 1. The number of carbonyl (C=O) groups is 1. The fourth-order valence-electron chi connectivity index (χ4n) is 3.17. The van der Waals surface area contributed by atoms with E-state index in [1.807, 2.05) is 30.3 Å². The quantitative estimate of drug-likeness (QED) is 0.730. The summed E-state index contributed by atoms with van der Waals surface area (Å²) in [5, 5.41) is 3.34. The number of benzene rings is 2. The van der Waals surface area contributed by atoms with Gasteiger partial charge in [-0.2, -0.15) is 0 Å². The molecule has 1 N–H and O–H groups in total. The summed E-state index contributed by atoms with van der Waals surface area (Å²) in [6, 6.07) is 17.6. The standard InChI is InChI=1S/C23H29N3O2S/c1-18(2)12-17-28-21-10-8-19(9-11-21)22(27)24-23(29)26-15-13-25(14-16-26)20-6-4-3-5-7-20/h3-11,18H,12-17H2,1-2H3,(H,24,27,29). The van der Waals surface area contributed by atoms with Gasteiger partial charge in [-0.25, -0.2) is 0 Å². The maximum atomic E-state index is 12.5. The van der Waals surface area contributed by atoms with Crippen LogP contribution in [-0.4, -0.2) is 48.7 Å². The highest BCUT2D eigenvalue weighted by Crippen LogP contribution is 2.16. The predicted octanol–water partition coefficient (Wildman–Crippen LogP) is 3.95. The van der Waals surface area contributed by atoms with Crippen molar-refractivity contribution < 1.29 is 9.53 Å². The zero-order chi connectivity index (χ0) is 20.6. The molecule has 6 heteroatoms. The monoisotopic (exact) mass is 411 g/mol. The first-order valence-corrected chi connectivity index (χ1v) is 10.6. The van der Waals surface area contributed by atoms with Crippen LogP contribution in [0.5, 0.6) is 5.75 Å². The molecule has 1 saturated heterocycles. The number of hydrogen-bond acceptors (Lipinski definition) is 4. The maximum absolute atomic E-state index is 12.5. The van der Waals surface area contributed by atoms with E-state index in [1.54, 1.807) is 12.1 Å². The molecule has 0 spiro atoms. The second-order valence-electron chi connectivity index (χ2n) is 7.62. The van der Waals surface area contributed by atoms with Gasteiger partial charge < -0.3 is 14.5 Å². The van der Waals surface area contributed by atoms with Crippen LogP contribution in [0, 0.1) is 5.92 Å². The van der Waals surface area contributed by atoms with E-state index in [9.17, 15) is 4.79 Å². The number of ether oxygens (including phenoxy) is 1. The summed E-state index contributed by atoms with van der Waals surface area (Å²) in [5.74, 6) is 1.20. The van der Waals surface area contributed by atoms with Gasteiger partial charge in [-0.3, -0.25) is 10.1 Å². The number of hydrogen-bond donors (Lipinski definition) is 1. The van der Waals surface area contributed by atoms with Gasteiger partial charge in [0.05, 0.1) is 6.61 Å². The molecule has 29 heavy (non-hydrogen) atoms. The van der Waals surface area contributed by atoms with Crippen molar-refractivity contribution in [1.82, 2.24) is 10.2 Å². The SMILES string of the molecule is CC(C)CCOc1ccc(C(=O)NC(=S)N2CCN(c3ccccc3)CC2)cc1. The van der Waals surface area contributed by atoms with Gasteiger partial charge in [-0.05, 0) is 61.0 Å². The third-order valence-corrected chi connectivity index (χ3v) is 5.35. The highest BCUT2D eigenvalue weighted by molar-refractivity contribution is 7.80. The van der Waals surface area contributed by atoms with Crippen molar-refractivity contribution in [2.45, 2.75) is 20.3 Å². The van der Waals surface area contributed by atoms with Crippen molar-refractivity contribution in [3.63, 3.8) is 0 Å². The van der Waals surface area contributed by atoms with Crippen molar-refractivity contribution in [3.8, 4) is 5.75 Å². The summed E-state index contributed by atoms with van der Waals surface area (Å²) in [6.07, 6.45) is 1.01. The van der Waals surface area contributed by atoms with Gasteiger partial charge in [-0.15, -0.1) is 0 Å². The molecule has 2 aromatic rings. The van der Waals surface area contributed by atoms with Gasteiger partial charge >= 0.3 is 0 Å². The van der Waals surface area contributed by atoms with Crippen LogP contribution in [0.3, 0.4) is 0 Å². The van der Waals surface area contributed by atoms with E-state index in [0.717, 1.165) is 38.3 Å².